The first-order valence-corrected chi connectivity index (χ1v) is 11.9. The van der Waals surface area contributed by atoms with Gasteiger partial charge in [-0.1, -0.05) is 13.8 Å². The third kappa shape index (κ3) is 3.98. The van der Waals surface area contributed by atoms with Crippen molar-refractivity contribution in [3.8, 4) is 34.3 Å². The maximum atomic E-state index is 13.8. The van der Waals surface area contributed by atoms with Gasteiger partial charge in [0.25, 0.3) is 5.56 Å². The standard InChI is InChI=1S/C23H20BrNO7.C2H6/c1-28-15-6-5-13-19(22(15)30-10-18(26)29-2)23(27)25-7-3-4-12-8-16-17(32-11-31-16)9-14(12)21(25)20(13)24;1-2/h5-6,8-9H,3-4,7,10-11H2,1-2H3;1-2H3. The number of carbonyl (C=O) groups excluding carboxylic acids is 1. The molecule has 0 saturated carbocycles. The predicted octanol–water partition coefficient (Wildman–Crippen LogP) is 4.69. The number of benzene rings is 2. The van der Waals surface area contributed by atoms with E-state index in [2.05, 4.69) is 20.7 Å². The van der Waals surface area contributed by atoms with Gasteiger partial charge in [0, 0.05) is 17.5 Å². The third-order valence-corrected chi connectivity index (χ3v) is 6.56. The lowest BCUT2D eigenvalue weighted by Gasteiger charge is -2.19. The zero-order chi connectivity index (χ0) is 24.4. The van der Waals surface area contributed by atoms with Crippen molar-refractivity contribution in [1.29, 1.82) is 0 Å². The highest BCUT2D eigenvalue weighted by Gasteiger charge is 2.27. The van der Waals surface area contributed by atoms with Gasteiger partial charge in [0.15, 0.2) is 29.6 Å². The van der Waals surface area contributed by atoms with Crippen molar-refractivity contribution in [2.45, 2.75) is 33.2 Å². The van der Waals surface area contributed by atoms with Crippen LogP contribution in [0.2, 0.25) is 0 Å². The smallest absolute Gasteiger partial charge is 0.343 e. The summed E-state index contributed by atoms with van der Waals surface area (Å²) in [5.74, 6) is 1.41. The van der Waals surface area contributed by atoms with Crippen molar-refractivity contribution in [1.82, 2.24) is 4.57 Å². The number of carbonyl (C=O) groups is 1. The molecular formula is C25H26BrNO7. The molecule has 0 saturated heterocycles. The van der Waals surface area contributed by atoms with Gasteiger partial charge in [0.1, 0.15) is 0 Å². The van der Waals surface area contributed by atoms with E-state index in [0.717, 1.165) is 39.9 Å². The Labute approximate surface area is 205 Å². The third-order valence-electron chi connectivity index (χ3n) is 5.76. The molecule has 0 radical (unpaired) electrons. The molecule has 2 aliphatic heterocycles. The van der Waals surface area contributed by atoms with E-state index < -0.39 is 5.97 Å². The van der Waals surface area contributed by atoms with Crippen molar-refractivity contribution in [3.63, 3.8) is 0 Å². The normalized spacial score (nSPS) is 13.2. The average molecular weight is 532 g/mol. The highest BCUT2D eigenvalue weighted by Crippen LogP contribution is 2.45. The molecular weight excluding hydrogens is 506 g/mol. The van der Waals surface area contributed by atoms with Crippen LogP contribution in [0.3, 0.4) is 0 Å². The fourth-order valence-corrected chi connectivity index (χ4v) is 5.01. The maximum Gasteiger partial charge on any atom is 0.343 e. The van der Waals surface area contributed by atoms with Crippen molar-refractivity contribution in [2.24, 2.45) is 0 Å². The minimum absolute atomic E-state index is 0.185. The molecule has 0 spiro atoms. The van der Waals surface area contributed by atoms with Crippen LogP contribution in [0.4, 0.5) is 0 Å². The number of halogens is 1. The zero-order valence-electron chi connectivity index (χ0n) is 19.5. The van der Waals surface area contributed by atoms with Gasteiger partial charge < -0.3 is 28.3 Å². The van der Waals surface area contributed by atoms with Crippen LogP contribution in [0.15, 0.2) is 33.5 Å². The van der Waals surface area contributed by atoms with Crippen molar-refractivity contribution < 1.29 is 28.5 Å². The molecule has 0 amide bonds. The first-order chi connectivity index (χ1) is 16.5. The SMILES string of the molecule is CC.COC(=O)COc1c(OC)ccc2c(Br)c3n(c(=O)c12)CCCc1cc2c(cc1-3)OCO2. The van der Waals surface area contributed by atoms with Gasteiger partial charge in [0.2, 0.25) is 6.79 Å². The van der Waals surface area contributed by atoms with E-state index in [1.807, 2.05) is 32.0 Å². The molecule has 0 N–H and O–H groups in total. The highest BCUT2D eigenvalue weighted by atomic mass is 79.9. The minimum Gasteiger partial charge on any atom is -0.493 e. The fraction of sp³-hybridized carbons (Fsp3) is 0.360. The van der Waals surface area contributed by atoms with Crippen LogP contribution in [-0.2, 0) is 22.5 Å². The zero-order valence-corrected chi connectivity index (χ0v) is 21.1. The van der Waals surface area contributed by atoms with E-state index in [1.54, 1.807) is 10.6 Å². The van der Waals surface area contributed by atoms with Crippen molar-refractivity contribution >= 4 is 32.7 Å². The molecule has 9 heteroatoms. The second kappa shape index (κ2) is 9.97. The number of ether oxygens (including phenoxy) is 5. The van der Waals surface area contributed by atoms with Crippen LogP contribution in [0.1, 0.15) is 25.8 Å². The summed E-state index contributed by atoms with van der Waals surface area (Å²) in [6, 6.07) is 7.45. The Hall–Kier alpha value is -3.20. The van der Waals surface area contributed by atoms with Crippen LogP contribution >= 0.6 is 15.9 Å². The van der Waals surface area contributed by atoms with Gasteiger partial charge in [0.05, 0.1) is 29.8 Å². The van der Waals surface area contributed by atoms with Gasteiger partial charge >= 0.3 is 5.97 Å². The Morgan fingerprint density at radius 1 is 1.15 bits per heavy atom. The number of pyridine rings is 1. The summed E-state index contributed by atoms with van der Waals surface area (Å²) in [7, 11) is 2.77. The molecule has 3 aromatic rings. The minimum atomic E-state index is -0.553. The second-order valence-electron chi connectivity index (χ2n) is 7.47. The summed E-state index contributed by atoms with van der Waals surface area (Å²) in [4.78, 5) is 25.4. The molecule has 0 bridgehead atoms. The highest BCUT2D eigenvalue weighted by molar-refractivity contribution is 9.10. The van der Waals surface area contributed by atoms with E-state index in [-0.39, 0.29) is 24.7 Å². The van der Waals surface area contributed by atoms with E-state index in [4.69, 9.17) is 18.9 Å². The van der Waals surface area contributed by atoms with Crippen LogP contribution in [0, 0.1) is 0 Å². The Morgan fingerprint density at radius 3 is 2.59 bits per heavy atom. The number of fused-ring (bicyclic) bond motifs is 5. The summed E-state index contributed by atoms with van der Waals surface area (Å²) >= 11 is 3.74. The topological polar surface area (TPSA) is 85.2 Å². The van der Waals surface area contributed by atoms with Crippen LogP contribution in [-0.4, -0.2) is 38.2 Å². The first kappa shape index (κ1) is 23.9. The lowest BCUT2D eigenvalue weighted by Crippen LogP contribution is -2.23. The Bertz CT molecular complexity index is 1320. The van der Waals surface area contributed by atoms with E-state index in [1.165, 1.54) is 14.2 Å². The maximum absolute atomic E-state index is 13.8. The number of aryl methyl sites for hydroxylation is 1. The van der Waals surface area contributed by atoms with E-state index >= 15 is 0 Å². The number of aromatic nitrogens is 1. The fourth-order valence-electron chi connectivity index (χ4n) is 4.25. The number of hydrogen-bond donors (Lipinski definition) is 0. The second-order valence-corrected chi connectivity index (χ2v) is 8.26. The van der Waals surface area contributed by atoms with Crippen molar-refractivity contribution in [2.75, 3.05) is 27.6 Å². The molecule has 1 aromatic heterocycles. The summed E-state index contributed by atoms with van der Waals surface area (Å²) in [6.45, 7) is 4.37. The van der Waals surface area contributed by atoms with Crippen LogP contribution in [0.5, 0.6) is 23.0 Å². The molecule has 34 heavy (non-hydrogen) atoms. The van der Waals surface area contributed by atoms with Gasteiger partial charge in [-0.3, -0.25) is 4.79 Å². The van der Waals surface area contributed by atoms with Gasteiger partial charge in [-0.25, -0.2) is 4.79 Å². The molecule has 180 valence electrons. The summed E-state index contributed by atoms with van der Waals surface area (Å²) in [6.07, 6.45) is 1.57. The average Bonchev–Trinajstić information content (AvgIpc) is 3.24. The molecule has 0 atom stereocenters. The van der Waals surface area contributed by atoms with E-state index in [0.29, 0.717) is 28.8 Å². The summed E-state index contributed by atoms with van der Waals surface area (Å²) < 4.78 is 29.4. The van der Waals surface area contributed by atoms with E-state index in [9.17, 15) is 9.59 Å². The largest absolute Gasteiger partial charge is 0.493 e. The number of hydrogen-bond acceptors (Lipinski definition) is 7. The first-order valence-electron chi connectivity index (χ1n) is 11.1. The number of nitrogens with zero attached hydrogens (tertiary/aromatic N) is 1. The van der Waals surface area contributed by atoms with Crippen LogP contribution in [0.25, 0.3) is 22.0 Å². The Morgan fingerprint density at radius 2 is 1.88 bits per heavy atom. The summed E-state index contributed by atoms with van der Waals surface area (Å²) in [5, 5.41) is 1.00. The number of esters is 1. The molecule has 3 heterocycles. The van der Waals surface area contributed by atoms with Gasteiger partial charge in [-0.2, -0.15) is 0 Å². The Balaban J connectivity index is 0.00000133. The van der Waals surface area contributed by atoms with Crippen LogP contribution < -0.4 is 24.5 Å². The van der Waals surface area contributed by atoms with Crippen molar-refractivity contribution in [3.05, 3.63) is 44.7 Å². The monoisotopic (exact) mass is 531 g/mol. The molecule has 0 unspecified atom stereocenters. The molecule has 2 aromatic carbocycles. The molecule has 5 rings (SSSR count). The molecule has 8 nitrogen and oxygen atoms in total. The lowest BCUT2D eigenvalue weighted by atomic mass is 9.99. The number of rotatable bonds is 4. The number of methoxy groups -OCH3 is 2. The van der Waals surface area contributed by atoms with Gasteiger partial charge in [-0.15, -0.1) is 0 Å². The predicted molar refractivity (Wildman–Crippen MR) is 131 cm³/mol. The summed E-state index contributed by atoms with van der Waals surface area (Å²) in [5.41, 5.74) is 2.57. The Kier molecular flexibility index (Phi) is 7.02. The molecule has 2 aliphatic rings. The molecule has 0 aliphatic carbocycles. The lowest BCUT2D eigenvalue weighted by molar-refractivity contribution is -0.142. The quantitative estimate of drug-likeness (QED) is 0.451. The van der Waals surface area contributed by atoms with Gasteiger partial charge in [-0.05, 0) is 58.6 Å². The molecule has 0 fully saturated rings.